The van der Waals surface area contributed by atoms with E-state index in [9.17, 15) is 4.79 Å². The molecule has 0 aliphatic heterocycles. The van der Waals surface area contributed by atoms with Crippen molar-refractivity contribution in [2.45, 2.75) is 33.3 Å². The van der Waals surface area contributed by atoms with Gasteiger partial charge < -0.3 is 10.1 Å². The van der Waals surface area contributed by atoms with Gasteiger partial charge in [-0.25, -0.2) is 0 Å². The third-order valence-electron chi connectivity index (χ3n) is 3.25. The normalized spacial score (nSPS) is 11.8. The lowest BCUT2D eigenvalue weighted by Crippen LogP contribution is -2.32. The van der Waals surface area contributed by atoms with Gasteiger partial charge in [0.15, 0.2) is 6.10 Å². The summed E-state index contributed by atoms with van der Waals surface area (Å²) in [7, 11) is 0. The molecule has 0 saturated heterocycles. The molecule has 2 aromatic rings. The molecule has 0 aliphatic carbocycles. The highest BCUT2D eigenvalue weighted by Gasteiger charge is 2.18. The molecule has 1 amide bonds. The molecule has 0 aromatic heterocycles. The van der Waals surface area contributed by atoms with Gasteiger partial charge in [-0.2, -0.15) is 0 Å². The van der Waals surface area contributed by atoms with Gasteiger partial charge in [-0.05, 0) is 67.8 Å². The van der Waals surface area contributed by atoms with Gasteiger partial charge in [0, 0.05) is 10.2 Å². The Kier molecular flexibility index (Phi) is 5.61. The minimum Gasteiger partial charge on any atom is -0.481 e. The number of benzene rings is 2. The molecule has 0 radical (unpaired) electrons. The molecule has 0 fully saturated rings. The van der Waals surface area contributed by atoms with Crippen molar-refractivity contribution in [3.63, 3.8) is 0 Å². The summed E-state index contributed by atoms with van der Waals surface area (Å²) < 4.78 is 6.84. The van der Waals surface area contributed by atoms with Crippen LogP contribution >= 0.6 is 15.9 Å². The topological polar surface area (TPSA) is 38.3 Å². The first kappa shape index (κ1) is 16.6. The molecule has 22 heavy (non-hydrogen) atoms. The highest BCUT2D eigenvalue weighted by molar-refractivity contribution is 9.10. The van der Waals surface area contributed by atoms with Crippen LogP contribution in [0.1, 0.15) is 24.5 Å². The molecule has 0 unspecified atom stereocenters. The second kappa shape index (κ2) is 7.45. The van der Waals surface area contributed by atoms with E-state index in [1.165, 1.54) is 0 Å². The molecule has 116 valence electrons. The Hall–Kier alpha value is -1.81. The molecule has 0 bridgehead atoms. The molecule has 2 rings (SSSR count). The van der Waals surface area contributed by atoms with E-state index in [-0.39, 0.29) is 5.91 Å². The largest absolute Gasteiger partial charge is 0.481 e. The van der Waals surface area contributed by atoms with E-state index in [1.54, 1.807) is 0 Å². The second-order valence-corrected chi connectivity index (χ2v) is 6.25. The Labute approximate surface area is 139 Å². The fourth-order valence-electron chi connectivity index (χ4n) is 2.24. The van der Waals surface area contributed by atoms with Crippen LogP contribution in [0.3, 0.4) is 0 Å². The Balaban J connectivity index is 2.06. The lowest BCUT2D eigenvalue weighted by molar-refractivity contribution is -0.122. The standard InChI is InChI=1S/C18H20BrNO2/c1-4-17(22-16-10-12(2)9-13(3)11-16)18(21)20-15-7-5-14(19)6-8-15/h5-11,17H,4H2,1-3H3,(H,20,21)/t17-/m1/s1. The molecule has 1 N–H and O–H groups in total. The van der Waals surface area contributed by atoms with E-state index in [2.05, 4.69) is 27.3 Å². The highest BCUT2D eigenvalue weighted by atomic mass is 79.9. The van der Waals surface area contributed by atoms with Crippen molar-refractivity contribution in [1.82, 2.24) is 0 Å². The molecule has 4 heteroatoms. The SMILES string of the molecule is CC[C@@H](Oc1cc(C)cc(C)c1)C(=O)Nc1ccc(Br)cc1. The van der Waals surface area contributed by atoms with Crippen LogP contribution in [0.25, 0.3) is 0 Å². The number of hydrogen-bond acceptors (Lipinski definition) is 2. The molecule has 0 heterocycles. The molecule has 1 atom stereocenters. The minimum absolute atomic E-state index is 0.135. The van der Waals surface area contributed by atoms with Gasteiger partial charge in [-0.15, -0.1) is 0 Å². The number of aryl methyl sites for hydroxylation is 2. The van der Waals surface area contributed by atoms with Crippen LogP contribution < -0.4 is 10.1 Å². The van der Waals surface area contributed by atoms with Crippen molar-refractivity contribution in [2.75, 3.05) is 5.32 Å². The van der Waals surface area contributed by atoms with Gasteiger partial charge in [0.25, 0.3) is 5.91 Å². The van der Waals surface area contributed by atoms with E-state index < -0.39 is 6.10 Å². The number of carbonyl (C=O) groups excluding carboxylic acids is 1. The average molecular weight is 362 g/mol. The van der Waals surface area contributed by atoms with Crippen molar-refractivity contribution < 1.29 is 9.53 Å². The summed E-state index contributed by atoms with van der Waals surface area (Å²) in [6.45, 7) is 5.97. The molecule has 2 aromatic carbocycles. The zero-order chi connectivity index (χ0) is 16.1. The molecular formula is C18H20BrNO2. The molecule has 3 nitrogen and oxygen atoms in total. The smallest absolute Gasteiger partial charge is 0.265 e. The van der Waals surface area contributed by atoms with Gasteiger partial charge in [0.1, 0.15) is 5.75 Å². The van der Waals surface area contributed by atoms with Gasteiger partial charge in [-0.3, -0.25) is 4.79 Å². The third kappa shape index (κ3) is 4.60. The van der Waals surface area contributed by atoms with Crippen LogP contribution in [0.5, 0.6) is 5.75 Å². The number of halogens is 1. The maximum Gasteiger partial charge on any atom is 0.265 e. The molecular weight excluding hydrogens is 342 g/mol. The first-order valence-electron chi connectivity index (χ1n) is 7.29. The Morgan fingerprint density at radius 2 is 1.73 bits per heavy atom. The summed E-state index contributed by atoms with van der Waals surface area (Å²) in [5, 5.41) is 2.88. The van der Waals surface area contributed by atoms with E-state index in [1.807, 2.05) is 57.2 Å². The van der Waals surface area contributed by atoms with Crippen molar-refractivity contribution in [2.24, 2.45) is 0 Å². The average Bonchev–Trinajstić information content (AvgIpc) is 2.46. The summed E-state index contributed by atoms with van der Waals surface area (Å²) in [4.78, 5) is 12.4. The molecule has 0 saturated carbocycles. The zero-order valence-corrected chi connectivity index (χ0v) is 14.6. The summed E-state index contributed by atoms with van der Waals surface area (Å²) in [6.07, 6.45) is 0.0971. The minimum atomic E-state index is -0.509. The van der Waals surface area contributed by atoms with Crippen LogP contribution in [-0.2, 0) is 4.79 Å². The van der Waals surface area contributed by atoms with E-state index in [0.29, 0.717) is 6.42 Å². The van der Waals surface area contributed by atoms with Gasteiger partial charge >= 0.3 is 0 Å². The Morgan fingerprint density at radius 3 is 2.27 bits per heavy atom. The first-order valence-corrected chi connectivity index (χ1v) is 8.08. The highest BCUT2D eigenvalue weighted by Crippen LogP contribution is 2.20. The zero-order valence-electron chi connectivity index (χ0n) is 13.0. The Morgan fingerprint density at radius 1 is 1.14 bits per heavy atom. The maximum atomic E-state index is 12.4. The summed E-state index contributed by atoms with van der Waals surface area (Å²) in [5.41, 5.74) is 3.01. The fourth-order valence-corrected chi connectivity index (χ4v) is 2.51. The predicted molar refractivity (Wildman–Crippen MR) is 93.4 cm³/mol. The summed E-state index contributed by atoms with van der Waals surface area (Å²) in [5.74, 6) is 0.597. The van der Waals surface area contributed by atoms with Crippen LogP contribution in [-0.4, -0.2) is 12.0 Å². The molecule has 0 aliphatic rings. The number of carbonyl (C=O) groups is 1. The fraction of sp³-hybridized carbons (Fsp3) is 0.278. The van der Waals surface area contributed by atoms with Crippen LogP contribution in [0.4, 0.5) is 5.69 Å². The first-order chi connectivity index (χ1) is 10.5. The van der Waals surface area contributed by atoms with Crippen LogP contribution in [0, 0.1) is 13.8 Å². The number of ether oxygens (including phenoxy) is 1. The van der Waals surface area contributed by atoms with E-state index in [4.69, 9.17) is 4.74 Å². The number of rotatable bonds is 5. The van der Waals surface area contributed by atoms with Gasteiger partial charge in [-0.1, -0.05) is 28.9 Å². The molecule has 0 spiro atoms. The maximum absolute atomic E-state index is 12.4. The number of anilines is 1. The van der Waals surface area contributed by atoms with Crippen molar-refractivity contribution in [3.05, 3.63) is 58.1 Å². The quantitative estimate of drug-likeness (QED) is 0.825. The lowest BCUT2D eigenvalue weighted by atomic mass is 10.1. The van der Waals surface area contributed by atoms with Crippen molar-refractivity contribution in [1.29, 1.82) is 0 Å². The van der Waals surface area contributed by atoms with Gasteiger partial charge in [0.2, 0.25) is 0 Å². The predicted octanol–water partition coefficient (Wildman–Crippen LogP) is 4.86. The monoisotopic (exact) mass is 361 g/mol. The summed E-state index contributed by atoms with van der Waals surface area (Å²) in [6, 6.07) is 13.5. The van der Waals surface area contributed by atoms with Crippen LogP contribution in [0.15, 0.2) is 46.9 Å². The van der Waals surface area contributed by atoms with Crippen LogP contribution in [0.2, 0.25) is 0 Å². The van der Waals surface area contributed by atoms with E-state index in [0.717, 1.165) is 27.0 Å². The van der Waals surface area contributed by atoms with Crippen molar-refractivity contribution >= 4 is 27.5 Å². The second-order valence-electron chi connectivity index (χ2n) is 5.33. The van der Waals surface area contributed by atoms with Crippen molar-refractivity contribution in [3.8, 4) is 5.75 Å². The number of amides is 1. The lowest BCUT2D eigenvalue weighted by Gasteiger charge is -2.18. The Bertz CT molecular complexity index is 632. The number of hydrogen-bond donors (Lipinski definition) is 1. The summed E-state index contributed by atoms with van der Waals surface area (Å²) >= 11 is 3.37. The van der Waals surface area contributed by atoms with E-state index >= 15 is 0 Å². The number of nitrogens with one attached hydrogen (secondary N) is 1. The van der Waals surface area contributed by atoms with Gasteiger partial charge in [0.05, 0.1) is 0 Å². The third-order valence-corrected chi connectivity index (χ3v) is 3.78.